The van der Waals surface area contributed by atoms with Gasteiger partial charge >= 0.3 is 12.1 Å². The fourth-order valence-corrected chi connectivity index (χ4v) is 13.8. The van der Waals surface area contributed by atoms with Gasteiger partial charge in [-0.05, 0) is 157 Å². The van der Waals surface area contributed by atoms with E-state index in [4.69, 9.17) is 19.4 Å². The number of aromatic amines is 2. The van der Waals surface area contributed by atoms with Crippen molar-refractivity contribution in [3.63, 3.8) is 0 Å². The third-order valence-corrected chi connectivity index (χ3v) is 17.8. The molecule has 2 aliphatic heterocycles. The van der Waals surface area contributed by atoms with Crippen LogP contribution >= 0.6 is 0 Å². The average Bonchev–Trinajstić information content (AvgIpc) is 4.21. The number of rotatable bonds is 11. The van der Waals surface area contributed by atoms with Crippen LogP contribution in [-0.2, 0) is 49.5 Å². The first-order chi connectivity index (χ1) is 35.8. The Morgan fingerprint density at radius 1 is 0.608 bits per heavy atom. The molecule has 13 nitrogen and oxygen atoms in total. The lowest BCUT2D eigenvalue weighted by molar-refractivity contribution is -0.150. The molecule has 0 spiro atoms. The Morgan fingerprint density at radius 2 is 1.11 bits per heavy atom. The number of esters is 1. The van der Waals surface area contributed by atoms with Gasteiger partial charge in [-0.3, -0.25) is 14.4 Å². The molecule has 13 heteroatoms. The first-order valence-corrected chi connectivity index (χ1v) is 27.6. The number of alkyl carbamates (subject to hydrolysis) is 1. The van der Waals surface area contributed by atoms with Crippen LogP contribution in [0.2, 0.25) is 0 Å². The van der Waals surface area contributed by atoms with E-state index in [2.05, 4.69) is 97.9 Å². The number of methoxy groups -OCH3 is 2. The molecule has 14 rings (SSSR count). The van der Waals surface area contributed by atoms with Crippen LogP contribution in [0.15, 0.2) is 72.8 Å². The Labute approximate surface area is 435 Å². The number of carbonyl (C=O) groups is 4. The Bertz CT molecular complexity index is 2890. The zero-order chi connectivity index (χ0) is 51.4. The molecule has 3 N–H and O–H groups in total. The van der Waals surface area contributed by atoms with Gasteiger partial charge in [-0.25, -0.2) is 14.8 Å². The first-order valence-electron chi connectivity index (χ1n) is 27.6. The highest BCUT2D eigenvalue weighted by molar-refractivity contribution is 5.88. The van der Waals surface area contributed by atoms with Crippen LogP contribution < -0.4 is 5.32 Å². The molecule has 6 aromatic rings. The second kappa shape index (κ2) is 20.7. The fourth-order valence-electron chi connectivity index (χ4n) is 13.8. The van der Waals surface area contributed by atoms with Crippen LogP contribution in [0.4, 0.5) is 4.79 Å². The molecule has 8 unspecified atom stereocenters. The van der Waals surface area contributed by atoms with E-state index in [1.54, 1.807) is 0 Å². The summed E-state index contributed by atoms with van der Waals surface area (Å²) >= 11 is 0. The molecule has 2 saturated carbocycles. The molecule has 6 aliphatic carbocycles. The average molecular weight is 1000 g/mol. The number of aryl methyl sites for hydroxylation is 4. The van der Waals surface area contributed by atoms with E-state index in [-0.39, 0.29) is 60.2 Å². The van der Waals surface area contributed by atoms with Gasteiger partial charge in [0.05, 0.1) is 60.7 Å². The summed E-state index contributed by atoms with van der Waals surface area (Å²) in [5, 5.41) is 2.84. The number of benzene rings is 4. The SMILES string of the molecule is COC(=O)CC(C(=O)N1C(c2nc3ccc(-c4cc5ccc4CCc4ccc(c(-c6ccc7nc(C8CC9CCCCC9N8C(=O)C(NC(=O)OC)C(C)C)[nH]c7c6)c4)CC5)cc3[nH]2)CC2CCCCC21)C(C)C. The van der Waals surface area contributed by atoms with E-state index in [9.17, 15) is 19.2 Å². The van der Waals surface area contributed by atoms with Gasteiger partial charge in [0.2, 0.25) is 11.8 Å². The van der Waals surface area contributed by atoms with Crippen LogP contribution in [0.3, 0.4) is 0 Å². The normalized spacial score (nSPS) is 23.4. The molecule has 4 fully saturated rings. The Kier molecular flexibility index (Phi) is 13.9. The van der Waals surface area contributed by atoms with Crippen molar-refractivity contribution in [2.24, 2.45) is 29.6 Å². The molecule has 3 amide bonds. The van der Waals surface area contributed by atoms with Gasteiger partial charge in [0.15, 0.2) is 0 Å². The highest BCUT2D eigenvalue weighted by atomic mass is 16.5. The maximum atomic E-state index is 14.6. The number of aromatic nitrogens is 4. The number of ether oxygens (including phenoxy) is 2. The van der Waals surface area contributed by atoms with Gasteiger partial charge in [0.1, 0.15) is 17.7 Å². The van der Waals surface area contributed by atoms with Gasteiger partial charge in [-0.15, -0.1) is 0 Å². The molecular formula is C61H73N7O6. The lowest BCUT2D eigenvalue weighted by atomic mass is 9.84. The Morgan fingerprint density at radius 3 is 1.58 bits per heavy atom. The fraction of sp³-hybridized carbons (Fsp3) is 0.508. The van der Waals surface area contributed by atoms with Crippen LogP contribution in [0.25, 0.3) is 44.3 Å². The molecule has 388 valence electrons. The number of hydrogen-bond acceptors (Lipinski definition) is 8. The molecule has 2 aromatic heterocycles. The smallest absolute Gasteiger partial charge is 0.407 e. The van der Waals surface area contributed by atoms with E-state index in [1.165, 1.54) is 60.4 Å². The number of H-pyrrole nitrogens is 2. The number of imidazole rings is 2. The number of nitrogens with zero attached hydrogens (tertiary/aromatic N) is 4. The van der Waals surface area contributed by atoms with E-state index in [0.29, 0.717) is 11.8 Å². The van der Waals surface area contributed by atoms with Crippen molar-refractivity contribution in [2.45, 2.75) is 154 Å². The van der Waals surface area contributed by atoms with Crippen LogP contribution in [0.1, 0.15) is 144 Å². The number of amides is 3. The number of fused-ring (bicyclic) bond motifs is 4. The molecule has 74 heavy (non-hydrogen) atoms. The highest BCUT2D eigenvalue weighted by Gasteiger charge is 2.50. The van der Waals surface area contributed by atoms with Crippen molar-refractivity contribution >= 4 is 45.9 Å². The van der Waals surface area contributed by atoms with Crippen molar-refractivity contribution in [3.8, 4) is 22.3 Å². The number of likely N-dealkylation sites (tertiary alicyclic amines) is 2. The number of hydrogen-bond donors (Lipinski definition) is 3. The minimum Gasteiger partial charge on any atom is -0.469 e. The zero-order valence-corrected chi connectivity index (χ0v) is 44.0. The molecular weight excluding hydrogens is 927 g/mol. The van der Waals surface area contributed by atoms with Crippen molar-refractivity contribution in [1.82, 2.24) is 35.1 Å². The molecule has 0 radical (unpaired) electrons. The van der Waals surface area contributed by atoms with Crippen molar-refractivity contribution in [3.05, 3.63) is 107 Å². The zero-order valence-electron chi connectivity index (χ0n) is 44.0. The Hall–Kier alpha value is -6.50. The van der Waals surface area contributed by atoms with Gasteiger partial charge < -0.3 is 34.6 Å². The third-order valence-electron chi connectivity index (χ3n) is 17.8. The van der Waals surface area contributed by atoms with Crippen LogP contribution in [0, 0.1) is 29.6 Å². The van der Waals surface area contributed by atoms with E-state index >= 15 is 0 Å². The Balaban J connectivity index is 0.849. The topological polar surface area (TPSA) is 163 Å². The third kappa shape index (κ3) is 9.48. The molecule has 8 atom stereocenters. The van der Waals surface area contributed by atoms with E-state index in [0.717, 1.165) is 122 Å². The second-order valence-corrected chi connectivity index (χ2v) is 22.9. The van der Waals surface area contributed by atoms with Gasteiger partial charge in [0, 0.05) is 12.1 Å². The second-order valence-electron chi connectivity index (χ2n) is 22.9. The summed E-state index contributed by atoms with van der Waals surface area (Å²) < 4.78 is 9.98. The van der Waals surface area contributed by atoms with Crippen molar-refractivity contribution < 1.29 is 28.7 Å². The lowest BCUT2D eigenvalue weighted by Gasteiger charge is -2.36. The van der Waals surface area contributed by atoms with Gasteiger partial charge in [-0.2, -0.15) is 0 Å². The van der Waals surface area contributed by atoms with Crippen LogP contribution in [0.5, 0.6) is 0 Å². The molecule has 4 heterocycles. The molecule has 4 bridgehead atoms. The monoisotopic (exact) mass is 1000 g/mol. The minimum absolute atomic E-state index is 0.000448. The van der Waals surface area contributed by atoms with Gasteiger partial charge in [-0.1, -0.05) is 102 Å². The maximum Gasteiger partial charge on any atom is 0.407 e. The number of nitrogens with one attached hydrogen (secondary N) is 3. The summed E-state index contributed by atoms with van der Waals surface area (Å²) in [5.74, 6) is 1.53. The molecule has 2 saturated heterocycles. The summed E-state index contributed by atoms with van der Waals surface area (Å²) in [7, 11) is 2.73. The lowest BCUT2D eigenvalue weighted by Crippen LogP contribution is -2.53. The number of carbonyl (C=O) groups excluding carboxylic acids is 4. The summed E-state index contributed by atoms with van der Waals surface area (Å²) in [6.45, 7) is 7.98. The largest absolute Gasteiger partial charge is 0.469 e. The quantitative estimate of drug-likeness (QED) is 0.108. The van der Waals surface area contributed by atoms with E-state index in [1.807, 2.05) is 27.7 Å². The summed E-state index contributed by atoms with van der Waals surface area (Å²) in [4.78, 5) is 75.9. The summed E-state index contributed by atoms with van der Waals surface area (Å²) in [6.07, 6.45) is 13.4. The van der Waals surface area contributed by atoms with E-state index < -0.39 is 18.1 Å². The van der Waals surface area contributed by atoms with Crippen LogP contribution in [-0.4, -0.2) is 86.0 Å². The predicted octanol–water partition coefficient (Wildman–Crippen LogP) is 11.5. The standard InChI is InChI=1S/C61H73N7O6/c1-34(2)44(33-55(69)73-5)59(70)67-51-13-9-7-11-42(51)31-53(67)57-62-47-25-23-40(29-49(47)64-57)45-27-36-15-19-38(45)20-16-37-18-22-39(21-17-36)46(28-37)41-24-26-48-50(30-41)65-58(63-48)54-32-43-12-8-10-14-52(43)68(54)60(71)56(35(3)4)66-61(72)74-6/h15,18-19,22-30,34-35,42-44,51-54,56H,7-14,16-17,20-21,31-33H2,1-6H3,(H,62,64)(H,63,65)(H,66,72). The maximum absolute atomic E-state index is 14.6. The van der Waals surface area contributed by atoms with Crippen molar-refractivity contribution in [1.29, 1.82) is 0 Å². The van der Waals surface area contributed by atoms with Crippen molar-refractivity contribution in [2.75, 3.05) is 14.2 Å². The summed E-state index contributed by atoms with van der Waals surface area (Å²) in [5.41, 5.74) is 13.6. The summed E-state index contributed by atoms with van der Waals surface area (Å²) in [6, 6.07) is 26.3. The predicted molar refractivity (Wildman–Crippen MR) is 287 cm³/mol. The minimum atomic E-state index is -0.693. The highest BCUT2D eigenvalue weighted by Crippen LogP contribution is 2.49. The molecule has 8 aliphatic rings. The molecule has 4 aromatic carbocycles. The van der Waals surface area contributed by atoms with Gasteiger partial charge in [0.25, 0.3) is 0 Å². The first kappa shape index (κ1) is 49.7.